The van der Waals surface area contributed by atoms with E-state index >= 15 is 0 Å². The van der Waals surface area contributed by atoms with Gasteiger partial charge in [-0.1, -0.05) is 12.1 Å². The Morgan fingerprint density at radius 3 is 2.54 bits per heavy atom. The number of carbonyl (C=O) groups excluding carboxylic acids is 1. The van der Waals surface area contributed by atoms with Crippen LogP contribution in [0.3, 0.4) is 0 Å². The summed E-state index contributed by atoms with van der Waals surface area (Å²) >= 11 is 0. The number of anilines is 2. The highest BCUT2D eigenvalue weighted by Crippen LogP contribution is 2.27. The molecule has 0 bridgehead atoms. The number of amides is 1. The van der Waals surface area contributed by atoms with Gasteiger partial charge in [-0.25, -0.2) is 18.5 Å². The lowest BCUT2D eigenvalue weighted by Crippen LogP contribution is -2.16. The minimum Gasteiger partial charge on any atom is -0.383 e. The quantitative estimate of drug-likeness (QED) is 0.353. The molecule has 0 fully saturated rings. The zero-order valence-electron chi connectivity index (χ0n) is 18.0. The van der Waals surface area contributed by atoms with Crippen LogP contribution in [-0.2, 0) is 22.7 Å². The third kappa shape index (κ3) is 5.94. The maximum atomic E-state index is 12.8. The molecule has 0 aliphatic heterocycles. The van der Waals surface area contributed by atoms with Crippen molar-refractivity contribution >= 4 is 38.2 Å². The van der Waals surface area contributed by atoms with Gasteiger partial charge in [0, 0.05) is 29.5 Å². The summed E-state index contributed by atoms with van der Waals surface area (Å²) in [6.07, 6.45) is -2.90. The summed E-state index contributed by atoms with van der Waals surface area (Å²) in [5, 5.41) is 15.9. The number of nitrogens with two attached hydrogens (primary N) is 1. The van der Waals surface area contributed by atoms with Gasteiger partial charge in [0.15, 0.2) is 0 Å². The Morgan fingerprint density at radius 1 is 1.03 bits per heavy atom. The predicted octanol–water partition coefficient (Wildman–Crippen LogP) is 3.46. The number of nitrogens with one attached hydrogen (secondary N) is 2. The summed E-state index contributed by atoms with van der Waals surface area (Å²) < 4.78 is 63.2. The highest BCUT2D eigenvalue weighted by atomic mass is 32.2. The first-order chi connectivity index (χ1) is 16.5. The van der Waals surface area contributed by atoms with E-state index in [0.717, 1.165) is 12.1 Å². The summed E-state index contributed by atoms with van der Waals surface area (Å²) in [6.45, 7) is 0.886. The molecule has 0 saturated carbocycles. The summed E-state index contributed by atoms with van der Waals surface area (Å²) in [5.74, 6) is -0.770. The molecule has 0 spiro atoms. The van der Waals surface area contributed by atoms with Crippen LogP contribution in [0.15, 0.2) is 71.8 Å². The average Bonchev–Trinajstić information content (AvgIpc) is 3.20. The zero-order chi connectivity index (χ0) is 25.2. The lowest BCUT2D eigenvalue weighted by atomic mass is 10.2. The highest BCUT2D eigenvalue weighted by Gasteiger charge is 2.32. The van der Waals surface area contributed by atoms with Crippen LogP contribution in [0.5, 0.6) is 0 Å². The number of hydrogen-bond donors (Lipinski definition) is 3. The molecule has 0 aliphatic carbocycles. The van der Waals surface area contributed by atoms with Crippen LogP contribution in [0, 0.1) is 0 Å². The number of primary sulfonamides is 1. The van der Waals surface area contributed by atoms with Gasteiger partial charge in [-0.3, -0.25) is 9.48 Å². The smallest absolute Gasteiger partial charge is 0.383 e. The number of hydrogen-bond acceptors (Lipinski definition) is 6. The van der Waals surface area contributed by atoms with E-state index in [1.807, 2.05) is 0 Å². The van der Waals surface area contributed by atoms with Crippen molar-refractivity contribution in [1.82, 2.24) is 14.8 Å². The first-order valence-electron chi connectivity index (χ1n) is 10.2. The molecule has 182 valence electrons. The molecule has 0 unspecified atom stereocenters. The molecule has 2 heterocycles. The predicted molar refractivity (Wildman–Crippen MR) is 123 cm³/mol. The van der Waals surface area contributed by atoms with E-state index in [1.54, 1.807) is 41.2 Å². The van der Waals surface area contributed by atoms with Crippen LogP contribution in [0.2, 0.25) is 0 Å². The molecule has 4 aromatic rings. The lowest BCUT2D eigenvalue weighted by Gasteiger charge is -2.08. The zero-order valence-corrected chi connectivity index (χ0v) is 18.8. The minimum absolute atomic E-state index is 0.00207. The number of fused-ring (bicyclic) bond motifs is 1. The van der Waals surface area contributed by atoms with Gasteiger partial charge in [0.2, 0.25) is 10.0 Å². The molecule has 0 atom stereocenters. The second-order valence-electron chi connectivity index (χ2n) is 7.53. The molecule has 0 radical (unpaired) electrons. The number of halogens is 3. The molecule has 9 nitrogen and oxygen atoms in total. The topological polar surface area (TPSA) is 132 Å². The summed E-state index contributed by atoms with van der Waals surface area (Å²) in [4.78, 5) is 15.8. The third-order valence-corrected chi connectivity index (χ3v) is 5.83. The van der Waals surface area contributed by atoms with E-state index in [9.17, 15) is 26.4 Å². The van der Waals surface area contributed by atoms with Crippen LogP contribution >= 0.6 is 0 Å². The van der Waals surface area contributed by atoms with Crippen molar-refractivity contribution in [2.24, 2.45) is 5.14 Å². The van der Waals surface area contributed by atoms with Crippen LogP contribution in [-0.4, -0.2) is 35.6 Å². The number of aromatic nitrogens is 3. The molecule has 0 aliphatic rings. The molecule has 1 amide bonds. The van der Waals surface area contributed by atoms with E-state index in [4.69, 9.17) is 5.14 Å². The fraction of sp³-hybridized carbons (Fsp3) is 0.136. The summed E-state index contributed by atoms with van der Waals surface area (Å²) in [5.41, 5.74) is 0.108. The van der Waals surface area contributed by atoms with Crippen molar-refractivity contribution in [2.75, 3.05) is 17.2 Å². The Bertz CT molecular complexity index is 1500. The summed E-state index contributed by atoms with van der Waals surface area (Å²) in [6, 6.07) is 14.1. The monoisotopic (exact) mass is 504 g/mol. The second kappa shape index (κ2) is 9.35. The normalized spacial score (nSPS) is 12.0. The largest absolute Gasteiger partial charge is 0.433 e. The first kappa shape index (κ1) is 24.2. The number of alkyl halides is 3. The molecule has 2 aromatic heterocycles. The lowest BCUT2D eigenvalue weighted by molar-refractivity contribution is -0.141. The number of pyridine rings is 1. The van der Waals surface area contributed by atoms with Gasteiger partial charge in [-0.05, 0) is 48.5 Å². The fourth-order valence-corrected chi connectivity index (χ4v) is 3.84. The van der Waals surface area contributed by atoms with Gasteiger partial charge >= 0.3 is 6.18 Å². The van der Waals surface area contributed by atoms with Gasteiger partial charge < -0.3 is 10.6 Å². The van der Waals surface area contributed by atoms with Crippen LogP contribution in [0.4, 0.5) is 24.5 Å². The van der Waals surface area contributed by atoms with Gasteiger partial charge in [-0.2, -0.15) is 18.3 Å². The number of nitrogens with zero attached hydrogens (tertiary/aromatic N) is 3. The van der Waals surface area contributed by atoms with Crippen LogP contribution in [0.25, 0.3) is 10.9 Å². The number of rotatable bonds is 7. The van der Waals surface area contributed by atoms with Crippen LogP contribution < -0.4 is 15.8 Å². The molecule has 0 saturated heterocycles. The van der Waals surface area contributed by atoms with Crippen molar-refractivity contribution in [1.29, 1.82) is 0 Å². The minimum atomic E-state index is -4.65. The number of carbonyl (C=O) groups is 1. The third-order valence-electron chi connectivity index (χ3n) is 4.91. The summed E-state index contributed by atoms with van der Waals surface area (Å²) in [7, 11) is -3.80. The standard InChI is InChI=1S/C22H19F3N6O3S/c23-22(24,25)20-6-2-5-19(29-20)21(32)28-16-7-8-18-14(11-16)13-31(30-18)10-9-27-15-3-1-4-17(12-15)35(26,33)34/h1-8,11-13,27H,9-10H2,(H,28,32)(H2,26,33,34). The van der Waals surface area contributed by atoms with E-state index in [0.29, 0.717) is 35.4 Å². The van der Waals surface area contributed by atoms with Gasteiger partial charge in [0.25, 0.3) is 5.91 Å². The van der Waals surface area contributed by atoms with E-state index in [1.165, 1.54) is 18.2 Å². The maximum absolute atomic E-state index is 12.8. The second-order valence-corrected chi connectivity index (χ2v) is 9.09. The molecule has 13 heteroatoms. The Kier molecular flexibility index (Phi) is 6.45. The Balaban J connectivity index is 1.41. The Labute approximate surface area is 197 Å². The molecule has 2 aromatic carbocycles. The number of sulfonamides is 1. The van der Waals surface area contributed by atoms with Crippen molar-refractivity contribution in [3.05, 3.63) is 78.2 Å². The van der Waals surface area contributed by atoms with Gasteiger partial charge in [-0.15, -0.1) is 0 Å². The fourth-order valence-electron chi connectivity index (χ4n) is 3.28. The molecule has 35 heavy (non-hydrogen) atoms. The SMILES string of the molecule is NS(=O)(=O)c1cccc(NCCn2cc3cc(NC(=O)c4cccc(C(F)(F)F)n4)ccc3n2)c1. The molecular weight excluding hydrogens is 485 g/mol. The Morgan fingerprint density at radius 2 is 1.80 bits per heavy atom. The molecule has 4 rings (SSSR count). The first-order valence-corrected chi connectivity index (χ1v) is 11.7. The molecular formula is C22H19F3N6O3S. The van der Waals surface area contributed by atoms with Gasteiger partial charge in [0.1, 0.15) is 11.4 Å². The van der Waals surface area contributed by atoms with Crippen molar-refractivity contribution < 1.29 is 26.4 Å². The molecule has 4 N–H and O–H groups in total. The Hall–Kier alpha value is -3.97. The van der Waals surface area contributed by atoms with E-state index in [2.05, 4.69) is 20.7 Å². The average molecular weight is 504 g/mol. The van der Waals surface area contributed by atoms with Crippen molar-refractivity contribution in [3.63, 3.8) is 0 Å². The van der Waals surface area contributed by atoms with Crippen molar-refractivity contribution in [3.8, 4) is 0 Å². The number of benzene rings is 2. The highest BCUT2D eigenvalue weighted by molar-refractivity contribution is 7.89. The van der Waals surface area contributed by atoms with Gasteiger partial charge in [0.05, 0.1) is 17.0 Å². The van der Waals surface area contributed by atoms with Crippen LogP contribution in [0.1, 0.15) is 16.2 Å². The maximum Gasteiger partial charge on any atom is 0.433 e. The van der Waals surface area contributed by atoms with E-state index < -0.39 is 27.8 Å². The van der Waals surface area contributed by atoms with Crippen molar-refractivity contribution in [2.45, 2.75) is 17.6 Å². The van der Waals surface area contributed by atoms with E-state index in [-0.39, 0.29) is 10.6 Å².